The third-order valence-electron chi connectivity index (χ3n) is 3.40. The standard InChI is InChI=1S/C14H21NO/c1-4-5-8-15-11(2)9-12-6-7-13(16-3)10-14(12)15/h6-7,10-11H,4-5,8-9H2,1-3H3. The van der Waals surface area contributed by atoms with Crippen molar-refractivity contribution in [3.8, 4) is 5.75 Å². The van der Waals surface area contributed by atoms with Crippen LogP contribution in [0.3, 0.4) is 0 Å². The maximum absolute atomic E-state index is 5.30. The smallest absolute Gasteiger partial charge is 0.120 e. The zero-order chi connectivity index (χ0) is 11.5. The van der Waals surface area contributed by atoms with Crippen LogP contribution in [0.5, 0.6) is 5.75 Å². The molecule has 0 saturated heterocycles. The summed E-state index contributed by atoms with van der Waals surface area (Å²) in [5.41, 5.74) is 2.84. The quantitative estimate of drug-likeness (QED) is 0.770. The van der Waals surface area contributed by atoms with E-state index >= 15 is 0 Å². The van der Waals surface area contributed by atoms with E-state index in [0.717, 1.165) is 12.3 Å². The average molecular weight is 219 g/mol. The maximum Gasteiger partial charge on any atom is 0.120 e. The van der Waals surface area contributed by atoms with Gasteiger partial charge in [-0.1, -0.05) is 19.4 Å². The number of benzene rings is 1. The fourth-order valence-electron chi connectivity index (χ4n) is 2.45. The van der Waals surface area contributed by atoms with Crippen molar-refractivity contribution in [2.75, 3.05) is 18.6 Å². The van der Waals surface area contributed by atoms with Crippen LogP contribution in [0, 0.1) is 0 Å². The van der Waals surface area contributed by atoms with Crippen molar-refractivity contribution in [3.05, 3.63) is 23.8 Å². The van der Waals surface area contributed by atoms with Gasteiger partial charge < -0.3 is 9.64 Å². The van der Waals surface area contributed by atoms with Crippen LogP contribution in [0.15, 0.2) is 18.2 Å². The summed E-state index contributed by atoms with van der Waals surface area (Å²) in [5.74, 6) is 0.967. The monoisotopic (exact) mass is 219 g/mol. The molecular weight excluding hydrogens is 198 g/mol. The normalized spacial score (nSPS) is 18.7. The van der Waals surface area contributed by atoms with Crippen molar-refractivity contribution in [2.24, 2.45) is 0 Å². The number of rotatable bonds is 4. The molecule has 0 N–H and O–H groups in total. The molecule has 1 heterocycles. The van der Waals surface area contributed by atoms with Crippen molar-refractivity contribution in [3.63, 3.8) is 0 Å². The van der Waals surface area contributed by atoms with E-state index in [1.165, 1.54) is 30.5 Å². The van der Waals surface area contributed by atoms with Gasteiger partial charge in [-0.3, -0.25) is 0 Å². The highest BCUT2D eigenvalue weighted by Crippen LogP contribution is 2.35. The second-order valence-corrected chi connectivity index (χ2v) is 4.59. The lowest BCUT2D eigenvalue weighted by atomic mass is 10.1. The van der Waals surface area contributed by atoms with Gasteiger partial charge in [0.25, 0.3) is 0 Å². The lowest BCUT2D eigenvalue weighted by Gasteiger charge is -2.24. The third kappa shape index (κ3) is 2.01. The van der Waals surface area contributed by atoms with Crippen LogP contribution < -0.4 is 9.64 Å². The van der Waals surface area contributed by atoms with E-state index in [2.05, 4.69) is 36.9 Å². The molecule has 0 bridgehead atoms. The first-order valence-corrected chi connectivity index (χ1v) is 6.19. The van der Waals surface area contributed by atoms with E-state index in [1.807, 2.05) is 0 Å². The predicted molar refractivity (Wildman–Crippen MR) is 68.4 cm³/mol. The largest absolute Gasteiger partial charge is 0.497 e. The molecule has 0 spiro atoms. The molecule has 1 aromatic carbocycles. The van der Waals surface area contributed by atoms with Gasteiger partial charge in [0, 0.05) is 24.3 Å². The van der Waals surface area contributed by atoms with Gasteiger partial charge in [-0.2, -0.15) is 0 Å². The lowest BCUT2D eigenvalue weighted by Crippen LogP contribution is -2.30. The summed E-state index contributed by atoms with van der Waals surface area (Å²) in [7, 11) is 1.73. The molecule has 1 aliphatic heterocycles. The minimum Gasteiger partial charge on any atom is -0.497 e. The first-order chi connectivity index (χ1) is 7.76. The van der Waals surface area contributed by atoms with E-state index in [1.54, 1.807) is 7.11 Å². The molecule has 0 saturated carbocycles. The summed E-state index contributed by atoms with van der Waals surface area (Å²) in [6, 6.07) is 7.08. The van der Waals surface area contributed by atoms with Crippen molar-refractivity contribution < 1.29 is 4.74 Å². The Morgan fingerprint density at radius 2 is 2.25 bits per heavy atom. The Morgan fingerprint density at radius 1 is 1.44 bits per heavy atom. The summed E-state index contributed by atoms with van der Waals surface area (Å²) >= 11 is 0. The Balaban J connectivity index is 2.23. The Bertz CT molecular complexity index is 362. The van der Waals surface area contributed by atoms with Crippen molar-refractivity contribution >= 4 is 5.69 Å². The summed E-state index contributed by atoms with van der Waals surface area (Å²) in [5, 5.41) is 0. The number of hydrogen-bond donors (Lipinski definition) is 0. The molecule has 1 aromatic rings. The van der Waals surface area contributed by atoms with Crippen LogP contribution in [0.2, 0.25) is 0 Å². The second-order valence-electron chi connectivity index (χ2n) is 4.59. The molecule has 0 amide bonds. The van der Waals surface area contributed by atoms with E-state index in [4.69, 9.17) is 4.74 Å². The van der Waals surface area contributed by atoms with Crippen LogP contribution in [0.25, 0.3) is 0 Å². The molecule has 0 aromatic heterocycles. The number of ether oxygens (including phenoxy) is 1. The van der Waals surface area contributed by atoms with Gasteiger partial charge in [-0.05, 0) is 31.4 Å². The lowest BCUT2D eigenvalue weighted by molar-refractivity contribution is 0.415. The van der Waals surface area contributed by atoms with Crippen LogP contribution in [0.1, 0.15) is 32.3 Å². The Kier molecular flexibility index (Phi) is 3.37. The fourth-order valence-corrected chi connectivity index (χ4v) is 2.45. The summed E-state index contributed by atoms with van der Waals surface area (Å²) in [6.07, 6.45) is 3.69. The van der Waals surface area contributed by atoms with Crippen LogP contribution in [-0.4, -0.2) is 19.7 Å². The van der Waals surface area contributed by atoms with E-state index in [-0.39, 0.29) is 0 Å². The highest BCUT2D eigenvalue weighted by Gasteiger charge is 2.25. The topological polar surface area (TPSA) is 12.5 Å². The number of anilines is 1. The molecule has 0 fully saturated rings. The first-order valence-electron chi connectivity index (χ1n) is 6.19. The first kappa shape index (κ1) is 11.3. The second kappa shape index (κ2) is 4.77. The van der Waals surface area contributed by atoms with Crippen molar-refractivity contribution in [1.29, 1.82) is 0 Å². The molecule has 88 valence electrons. The predicted octanol–water partition coefficient (Wildman–Crippen LogP) is 3.25. The van der Waals surface area contributed by atoms with Gasteiger partial charge in [-0.15, -0.1) is 0 Å². The minimum atomic E-state index is 0.633. The number of hydrogen-bond acceptors (Lipinski definition) is 2. The molecule has 1 unspecified atom stereocenters. The van der Waals surface area contributed by atoms with Gasteiger partial charge >= 0.3 is 0 Å². The molecule has 0 radical (unpaired) electrons. The molecule has 16 heavy (non-hydrogen) atoms. The number of nitrogens with zero attached hydrogens (tertiary/aromatic N) is 1. The number of unbranched alkanes of at least 4 members (excludes halogenated alkanes) is 1. The fraction of sp³-hybridized carbons (Fsp3) is 0.571. The van der Waals surface area contributed by atoms with Gasteiger partial charge in [0.15, 0.2) is 0 Å². The van der Waals surface area contributed by atoms with Gasteiger partial charge in [0.1, 0.15) is 5.75 Å². The van der Waals surface area contributed by atoms with E-state index in [9.17, 15) is 0 Å². The maximum atomic E-state index is 5.30. The number of methoxy groups -OCH3 is 1. The van der Waals surface area contributed by atoms with Crippen LogP contribution >= 0.6 is 0 Å². The van der Waals surface area contributed by atoms with Crippen LogP contribution in [0.4, 0.5) is 5.69 Å². The zero-order valence-electron chi connectivity index (χ0n) is 10.5. The number of fused-ring (bicyclic) bond motifs is 1. The molecule has 2 heteroatoms. The van der Waals surface area contributed by atoms with Gasteiger partial charge in [0.05, 0.1) is 7.11 Å². The van der Waals surface area contributed by atoms with E-state index in [0.29, 0.717) is 6.04 Å². The van der Waals surface area contributed by atoms with Crippen molar-refractivity contribution in [1.82, 2.24) is 0 Å². The summed E-state index contributed by atoms with van der Waals surface area (Å²) in [6.45, 7) is 5.72. The van der Waals surface area contributed by atoms with E-state index < -0.39 is 0 Å². The Hall–Kier alpha value is -1.18. The highest BCUT2D eigenvalue weighted by molar-refractivity contribution is 5.62. The van der Waals surface area contributed by atoms with Gasteiger partial charge in [0.2, 0.25) is 0 Å². The molecule has 1 atom stereocenters. The molecule has 2 nitrogen and oxygen atoms in total. The zero-order valence-corrected chi connectivity index (χ0v) is 10.5. The molecule has 2 rings (SSSR count). The van der Waals surface area contributed by atoms with Crippen molar-refractivity contribution in [2.45, 2.75) is 39.2 Å². The average Bonchev–Trinajstić information content (AvgIpc) is 2.61. The Labute approximate surface area is 98.2 Å². The molecule has 1 aliphatic rings. The molecular formula is C14H21NO. The minimum absolute atomic E-state index is 0.633. The third-order valence-corrected chi connectivity index (χ3v) is 3.40. The Morgan fingerprint density at radius 3 is 2.94 bits per heavy atom. The highest BCUT2D eigenvalue weighted by atomic mass is 16.5. The SMILES string of the molecule is CCCCN1c2cc(OC)ccc2CC1C. The molecule has 0 aliphatic carbocycles. The summed E-state index contributed by atoms with van der Waals surface area (Å²) < 4.78 is 5.30. The van der Waals surface area contributed by atoms with Crippen LogP contribution in [-0.2, 0) is 6.42 Å². The summed E-state index contributed by atoms with van der Waals surface area (Å²) in [4.78, 5) is 2.52. The van der Waals surface area contributed by atoms with Gasteiger partial charge in [-0.25, -0.2) is 0 Å².